The molecule has 2 unspecified atom stereocenters. The Bertz CT molecular complexity index is 1270. The number of carbonyl (C=O) groups is 2. The molecule has 3 N–H and O–H groups in total. The summed E-state index contributed by atoms with van der Waals surface area (Å²) in [6.07, 6.45) is 89.5. The lowest BCUT2D eigenvalue weighted by Gasteiger charge is -2.22. The number of amides is 1. The number of carbonyl (C=O) groups excluding carboxylic acids is 2. The zero-order valence-corrected chi connectivity index (χ0v) is 55.0. The van der Waals surface area contributed by atoms with E-state index in [0.717, 1.165) is 51.4 Å². The second-order valence-corrected chi connectivity index (χ2v) is 25.6. The van der Waals surface area contributed by atoms with Crippen LogP contribution in [0.1, 0.15) is 418 Å². The molecule has 81 heavy (non-hydrogen) atoms. The number of hydrogen-bond donors (Lipinski definition) is 3. The number of allylic oxidation sites excluding steroid dienone is 4. The minimum atomic E-state index is -0.662. The third kappa shape index (κ3) is 67.3. The summed E-state index contributed by atoms with van der Waals surface area (Å²) in [6.45, 7) is 4.97. The maximum Gasteiger partial charge on any atom is 0.305 e. The van der Waals surface area contributed by atoms with Crippen LogP contribution in [-0.2, 0) is 14.3 Å². The van der Waals surface area contributed by atoms with E-state index in [4.69, 9.17) is 4.74 Å². The van der Waals surface area contributed by atoms with Gasteiger partial charge in [-0.2, -0.15) is 0 Å². The van der Waals surface area contributed by atoms with Crippen LogP contribution in [0.25, 0.3) is 0 Å². The Labute approximate surface area is 507 Å². The molecule has 0 aromatic rings. The lowest BCUT2D eigenvalue weighted by atomic mass is 10.0. The SMILES string of the molecule is CCCCC/C=C\C/C=C\CCCCCCCCCCCC(=O)OCCCCCCCCCCCCCCCCCCCCCCCCCCCCCCC(=O)NC(CO)C(O)CCCCCCCCCCCCCCCCCCC. The second kappa shape index (κ2) is 70.8. The fraction of sp³-hybridized carbons (Fsp3) is 0.920. The monoisotopic (exact) mass is 1140 g/mol. The van der Waals surface area contributed by atoms with Crippen LogP contribution in [0.2, 0.25) is 0 Å². The molecule has 0 bridgehead atoms. The Morgan fingerprint density at radius 1 is 0.346 bits per heavy atom. The molecule has 0 aromatic carbocycles. The zero-order chi connectivity index (χ0) is 58.5. The summed E-state index contributed by atoms with van der Waals surface area (Å²) >= 11 is 0. The highest BCUT2D eigenvalue weighted by Crippen LogP contribution is 2.20. The van der Waals surface area contributed by atoms with Gasteiger partial charge in [-0.3, -0.25) is 9.59 Å². The van der Waals surface area contributed by atoms with Gasteiger partial charge in [-0.05, 0) is 57.8 Å². The largest absolute Gasteiger partial charge is 0.466 e. The van der Waals surface area contributed by atoms with Crippen LogP contribution < -0.4 is 5.32 Å². The summed E-state index contributed by atoms with van der Waals surface area (Å²) in [5.41, 5.74) is 0. The van der Waals surface area contributed by atoms with E-state index in [1.54, 1.807) is 0 Å². The van der Waals surface area contributed by atoms with Gasteiger partial charge in [0.2, 0.25) is 5.91 Å². The van der Waals surface area contributed by atoms with Crippen molar-refractivity contribution in [2.24, 2.45) is 0 Å². The summed E-state index contributed by atoms with van der Waals surface area (Å²) in [6, 6.07) is -0.539. The molecular weight excluding hydrogens is 995 g/mol. The Balaban J connectivity index is 3.33. The second-order valence-electron chi connectivity index (χ2n) is 25.6. The number of esters is 1. The lowest BCUT2D eigenvalue weighted by molar-refractivity contribution is -0.143. The van der Waals surface area contributed by atoms with Crippen LogP contribution >= 0.6 is 0 Å². The van der Waals surface area contributed by atoms with Crippen LogP contribution in [0.4, 0.5) is 0 Å². The number of hydrogen-bond acceptors (Lipinski definition) is 5. The van der Waals surface area contributed by atoms with Gasteiger partial charge in [0.15, 0.2) is 0 Å². The van der Waals surface area contributed by atoms with Crippen molar-refractivity contribution in [3.05, 3.63) is 24.3 Å². The molecule has 0 fully saturated rings. The van der Waals surface area contributed by atoms with Crippen molar-refractivity contribution < 1.29 is 24.5 Å². The van der Waals surface area contributed by atoms with E-state index in [0.29, 0.717) is 25.9 Å². The van der Waals surface area contributed by atoms with E-state index in [2.05, 4.69) is 43.5 Å². The molecule has 0 aromatic heterocycles. The normalized spacial score (nSPS) is 12.6. The minimum absolute atomic E-state index is 0.0159. The van der Waals surface area contributed by atoms with E-state index in [1.807, 2.05) is 0 Å². The average Bonchev–Trinajstić information content (AvgIpc) is 3.47. The molecule has 0 saturated carbocycles. The average molecular weight is 1140 g/mol. The third-order valence-corrected chi connectivity index (χ3v) is 17.5. The van der Waals surface area contributed by atoms with E-state index >= 15 is 0 Å². The fourth-order valence-corrected chi connectivity index (χ4v) is 11.9. The fourth-order valence-electron chi connectivity index (χ4n) is 11.9. The van der Waals surface area contributed by atoms with Gasteiger partial charge < -0.3 is 20.3 Å². The zero-order valence-electron chi connectivity index (χ0n) is 55.0. The van der Waals surface area contributed by atoms with E-state index in [9.17, 15) is 19.8 Å². The standard InChI is InChI=1S/C75H145NO5/c1-3-5-7-9-11-13-15-17-19-21-32-37-41-45-49-53-57-61-65-69-75(80)81-70-66-62-58-54-50-46-42-38-34-31-29-27-25-23-22-24-26-28-30-33-36-40-44-48-52-56-60-64-68-74(79)76-72(71-77)73(78)67-63-59-55-51-47-43-39-35-20-18-16-14-12-10-8-6-4-2/h11,13,17,19,72-73,77-78H,3-10,12,14-16,18,20-71H2,1-2H3,(H,76,79)/b13-11-,19-17-. The number of unbranched alkanes of at least 4 members (excludes halogenated alkanes) is 55. The summed E-state index contributed by atoms with van der Waals surface area (Å²) in [5, 5.41) is 23.4. The van der Waals surface area contributed by atoms with Gasteiger partial charge >= 0.3 is 5.97 Å². The highest BCUT2D eigenvalue weighted by Gasteiger charge is 2.20. The van der Waals surface area contributed by atoms with Gasteiger partial charge in [0, 0.05) is 12.8 Å². The van der Waals surface area contributed by atoms with Crippen molar-refractivity contribution in [2.45, 2.75) is 431 Å². The summed E-state index contributed by atoms with van der Waals surface area (Å²) < 4.78 is 5.51. The van der Waals surface area contributed by atoms with Gasteiger partial charge in [-0.1, -0.05) is 372 Å². The van der Waals surface area contributed by atoms with E-state index in [-0.39, 0.29) is 18.5 Å². The number of aliphatic hydroxyl groups excluding tert-OH is 2. The Kier molecular flexibility index (Phi) is 69.4. The maximum absolute atomic E-state index is 12.5. The first kappa shape index (κ1) is 79.3. The van der Waals surface area contributed by atoms with Crippen molar-refractivity contribution in [3.8, 4) is 0 Å². The molecule has 480 valence electrons. The number of ether oxygens (including phenoxy) is 1. The van der Waals surface area contributed by atoms with Crippen molar-refractivity contribution in [2.75, 3.05) is 13.2 Å². The summed E-state index contributed by atoms with van der Waals surface area (Å²) in [5.74, 6) is -0.0120. The highest BCUT2D eigenvalue weighted by molar-refractivity contribution is 5.76. The van der Waals surface area contributed by atoms with Gasteiger partial charge in [0.1, 0.15) is 0 Å². The van der Waals surface area contributed by atoms with Crippen LogP contribution in [-0.4, -0.2) is 47.4 Å². The van der Waals surface area contributed by atoms with Crippen molar-refractivity contribution in [1.29, 1.82) is 0 Å². The molecule has 0 spiro atoms. The van der Waals surface area contributed by atoms with Gasteiger partial charge in [0.25, 0.3) is 0 Å². The van der Waals surface area contributed by atoms with E-state index in [1.165, 1.54) is 334 Å². The molecule has 0 heterocycles. The molecule has 6 heteroatoms. The lowest BCUT2D eigenvalue weighted by Crippen LogP contribution is -2.45. The molecule has 0 aliphatic heterocycles. The first-order valence-corrected chi connectivity index (χ1v) is 37.1. The molecule has 0 saturated heterocycles. The minimum Gasteiger partial charge on any atom is -0.466 e. The first-order valence-electron chi connectivity index (χ1n) is 37.1. The van der Waals surface area contributed by atoms with Crippen molar-refractivity contribution in [1.82, 2.24) is 5.32 Å². The molecule has 2 atom stereocenters. The molecule has 0 rings (SSSR count). The smallest absolute Gasteiger partial charge is 0.305 e. The number of nitrogens with one attached hydrogen (secondary N) is 1. The van der Waals surface area contributed by atoms with Gasteiger partial charge in [0.05, 0.1) is 25.4 Å². The van der Waals surface area contributed by atoms with Crippen LogP contribution in [0, 0.1) is 0 Å². The topological polar surface area (TPSA) is 95.9 Å². The Morgan fingerprint density at radius 2 is 0.617 bits per heavy atom. The van der Waals surface area contributed by atoms with Crippen molar-refractivity contribution >= 4 is 11.9 Å². The van der Waals surface area contributed by atoms with Crippen molar-refractivity contribution in [3.63, 3.8) is 0 Å². The molecule has 1 amide bonds. The molecule has 0 radical (unpaired) electrons. The molecule has 0 aliphatic rings. The van der Waals surface area contributed by atoms with Crippen LogP contribution in [0.15, 0.2) is 24.3 Å². The molecular formula is C75H145NO5. The highest BCUT2D eigenvalue weighted by atomic mass is 16.5. The predicted octanol–water partition coefficient (Wildman–Crippen LogP) is 24.1. The first-order chi connectivity index (χ1) is 40.0. The maximum atomic E-state index is 12.5. The summed E-state index contributed by atoms with van der Waals surface area (Å²) in [7, 11) is 0. The Morgan fingerprint density at radius 3 is 0.963 bits per heavy atom. The molecule has 0 aliphatic carbocycles. The number of aliphatic hydroxyl groups is 2. The van der Waals surface area contributed by atoms with Gasteiger partial charge in [-0.25, -0.2) is 0 Å². The Hall–Kier alpha value is -1.66. The summed E-state index contributed by atoms with van der Waals surface area (Å²) in [4.78, 5) is 24.7. The quantitative estimate of drug-likeness (QED) is 0.0320. The molecule has 6 nitrogen and oxygen atoms in total. The predicted molar refractivity (Wildman–Crippen MR) is 356 cm³/mol. The number of rotatable bonds is 70. The third-order valence-electron chi connectivity index (χ3n) is 17.5. The van der Waals surface area contributed by atoms with E-state index < -0.39 is 12.1 Å². The van der Waals surface area contributed by atoms with Crippen LogP contribution in [0.5, 0.6) is 0 Å². The van der Waals surface area contributed by atoms with Gasteiger partial charge in [-0.15, -0.1) is 0 Å². The van der Waals surface area contributed by atoms with Crippen LogP contribution in [0.3, 0.4) is 0 Å².